The van der Waals surface area contributed by atoms with Crippen LogP contribution in [0.4, 0.5) is 11.4 Å². The van der Waals surface area contributed by atoms with E-state index in [4.69, 9.17) is 15.6 Å². The Morgan fingerprint density at radius 2 is 2.20 bits per heavy atom. The molecule has 1 amide bonds. The lowest BCUT2D eigenvalue weighted by molar-refractivity contribution is 0.0879. The fourth-order valence-electron chi connectivity index (χ4n) is 1.94. The standard InChI is InChI=1S/C14H23N3O3/c1-17(2)13-5-4-10(15)8-12(13)14(19)16-11(6-7-18)9-20-3/h4-5,8,11,18H,6-7,9,15H2,1-3H3,(H,16,19). The average molecular weight is 281 g/mol. The predicted octanol–water partition coefficient (Wildman–Crippen LogP) is 0.462. The van der Waals surface area contributed by atoms with Gasteiger partial charge in [-0.05, 0) is 24.6 Å². The van der Waals surface area contributed by atoms with Crippen molar-refractivity contribution in [1.82, 2.24) is 5.32 Å². The van der Waals surface area contributed by atoms with Gasteiger partial charge in [-0.3, -0.25) is 4.79 Å². The first-order chi connectivity index (χ1) is 9.49. The van der Waals surface area contributed by atoms with Gasteiger partial charge in [0.2, 0.25) is 0 Å². The Morgan fingerprint density at radius 1 is 1.50 bits per heavy atom. The largest absolute Gasteiger partial charge is 0.399 e. The van der Waals surface area contributed by atoms with Crippen LogP contribution in [0.25, 0.3) is 0 Å². The Morgan fingerprint density at radius 3 is 2.75 bits per heavy atom. The summed E-state index contributed by atoms with van der Waals surface area (Å²) in [5.74, 6) is -0.225. The summed E-state index contributed by atoms with van der Waals surface area (Å²) < 4.78 is 5.03. The monoisotopic (exact) mass is 281 g/mol. The van der Waals surface area contributed by atoms with Crippen molar-refractivity contribution in [3.8, 4) is 0 Å². The van der Waals surface area contributed by atoms with E-state index in [1.165, 1.54) is 0 Å². The maximum absolute atomic E-state index is 12.4. The lowest BCUT2D eigenvalue weighted by Crippen LogP contribution is -2.39. The number of anilines is 2. The van der Waals surface area contributed by atoms with E-state index in [-0.39, 0.29) is 18.6 Å². The molecule has 1 aromatic rings. The number of nitrogens with one attached hydrogen (secondary N) is 1. The van der Waals surface area contributed by atoms with Crippen molar-refractivity contribution >= 4 is 17.3 Å². The zero-order chi connectivity index (χ0) is 15.1. The summed E-state index contributed by atoms with van der Waals surface area (Å²) in [5, 5.41) is 11.9. The Balaban J connectivity index is 2.92. The molecule has 112 valence electrons. The summed E-state index contributed by atoms with van der Waals surface area (Å²) in [4.78, 5) is 14.2. The third-order valence-corrected chi connectivity index (χ3v) is 2.93. The molecule has 20 heavy (non-hydrogen) atoms. The summed E-state index contributed by atoms with van der Waals surface area (Å²) in [6.07, 6.45) is 0.444. The highest BCUT2D eigenvalue weighted by molar-refractivity contribution is 6.00. The highest BCUT2D eigenvalue weighted by Gasteiger charge is 2.17. The zero-order valence-electron chi connectivity index (χ0n) is 12.2. The molecule has 4 N–H and O–H groups in total. The number of benzene rings is 1. The van der Waals surface area contributed by atoms with Crippen molar-refractivity contribution in [2.24, 2.45) is 0 Å². The molecule has 1 atom stereocenters. The number of methoxy groups -OCH3 is 1. The van der Waals surface area contributed by atoms with Crippen molar-refractivity contribution in [2.75, 3.05) is 45.1 Å². The fraction of sp³-hybridized carbons (Fsp3) is 0.500. The maximum atomic E-state index is 12.4. The molecule has 0 aliphatic heterocycles. The maximum Gasteiger partial charge on any atom is 0.253 e. The molecule has 6 nitrogen and oxygen atoms in total. The van der Waals surface area contributed by atoms with Gasteiger partial charge < -0.3 is 25.8 Å². The Kier molecular flexibility index (Phi) is 6.27. The highest BCUT2D eigenvalue weighted by Crippen LogP contribution is 2.21. The molecule has 0 heterocycles. The second-order valence-electron chi connectivity index (χ2n) is 4.81. The van der Waals surface area contributed by atoms with Crippen molar-refractivity contribution in [2.45, 2.75) is 12.5 Å². The van der Waals surface area contributed by atoms with Gasteiger partial charge in [-0.2, -0.15) is 0 Å². The third-order valence-electron chi connectivity index (χ3n) is 2.93. The lowest BCUT2D eigenvalue weighted by atomic mass is 10.1. The van der Waals surface area contributed by atoms with Gasteiger partial charge >= 0.3 is 0 Å². The van der Waals surface area contributed by atoms with E-state index in [9.17, 15) is 4.79 Å². The molecule has 0 aliphatic carbocycles. The molecule has 0 aliphatic rings. The van der Waals surface area contributed by atoms with Crippen LogP contribution < -0.4 is 16.0 Å². The molecule has 1 aromatic carbocycles. The van der Waals surface area contributed by atoms with E-state index in [1.807, 2.05) is 25.1 Å². The van der Waals surface area contributed by atoms with Crippen molar-refractivity contribution in [3.63, 3.8) is 0 Å². The van der Waals surface area contributed by atoms with Crippen molar-refractivity contribution in [1.29, 1.82) is 0 Å². The number of nitrogens with zero attached hydrogens (tertiary/aromatic N) is 1. The predicted molar refractivity (Wildman–Crippen MR) is 80.0 cm³/mol. The van der Waals surface area contributed by atoms with Gasteiger partial charge in [0.15, 0.2) is 0 Å². The van der Waals surface area contributed by atoms with E-state index >= 15 is 0 Å². The highest BCUT2D eigenvalue weighted by atomic mass is 16.5. The van der Waals surface area contributed by atoms with E-state index < -0.39 is 0 Å². The Labute approximate surface area is 119 Å². The number of aliphatic hydroxyl groups is 1. The summed E-state index contributed by atoms with van der Waals surface area (Å²) in [6, 6.07) is 4.98. The first-order valence-corrected chi connectivity index (χ1v) is 6.47. The molecule has 0 aromatic heterocycles. The smallest absolute Gasteiger partial charge is 0.253 e. The minimum Gasteiger partial charge on any atom is -0.399 e. The SMILES string of the molecule is COCC(CCO)NC(=O)c1cc(N)ccc1N(C)C. The third kappa shape index (κ3) is 4.40. The number of aliphatic hydroxyl groups excluding tert-OH is 1. The number of carbonyl (C=O) groups is 1. The molecule has 0 bridgehead atoms. The van der Waals surface area contributed by atoms with Crippen LogP contribution in [0.15, 0.2) is 18.2 Å². The summed E-state index contributed by atoms with van der Waals surface area (Å²) in [6.45, 7) is 0.345. The van der Waals surface area contributed by atoms with Crippen LogP contribution in [-0.4, -0.2) is 51.5 Å². The average Bonchev–Trinajstić information content (AvgIpc) is 2.38. The van der Waals surface area contributed by atoms with Crippen LogP contribution in [0.5, 0.6) is 0 Å². The Hall–Kier alpha value is -1.79. The van der Waals surface area contributed by atoms with Gasteiger partial charge in [0.05, 0.1) is 18.2 Å². The first-order valence-electron chi connectivity index (χ1n) is 6.47. The number of hydrogen-bond acceptors (Lipinski definition) is 5. The molecule has 0 fully saturated rings. The minimum absolute atomic E-state index is 0.00816. The normalized spacial score (nSPS) is 12.0. The number of hydrogen-bond donors (Lipinski definition) is 3. The molecule has 0 saturated carbocycles. The van der Waals surface area contributed by atoms with Crippen molar-refractivity contribution in [3.05, 3.63) is 23.8 Å². The Bertz CT molecular complexity index is 443. The zero-order valence-corrected chi connectivity index (χ0v) is 12.2. The quantitative estimate of drug-likeness (QED) is 0.632. The van der Waals surface area contributed by atoms with E-state index in [1.54, 1.807) is 19.2 Å². The van der Waals surface area contributed by atoms with Gasteiger partial charge in [0.1, 0.15) is 0 Å². The summed E-state index contributed by atoms with van der Waals surface area (Å²) in [5.41, 5.74) is 7.58. The molecule has 0 saturated heterocycles. The van der Waals surface area contributed by atoms with Gasteiger partial charge in [0, 0.05) is 39.2 Å². The van der Waals surface area contributed by atoms with Crippen LogP contribution in [-0.2, 0) is 4.74 Å². The summed E-state index contributed by atoms with van der Waals surface area (Å²) >= 11 is 0. The number of amides is 1. The van der Waals surface area contributed by atoms with Crippen LogP contribution in [0.1, 0.15) is 16.8 Å². The summed E-state index contributed by atoms with van der Waals surface area (Å²) in [7, 11) is 5.29. The van der Waals surface area contributed by atoms with Crippen LogP contribution >= 0.6 is 0 Å². The number of carbonyl (C=O) groups excluding carboxylic acids is 1. The lowest BCUT2D eigenvalue weighted by Gasteiger charge is -2.21. The number of nitrogen functional groups attached to an aromatic ring is 1. The number of nitrogens with two attached hydrogens (primary N) is 1. The molecule has 6 heteroatoms. The van der Waals surface area contributed by atoms with Gasteiger partial charge in [-0.15, -0.1) is 0 Å². The molecule has 0 radical (unpaired) electrons. The topological polar surface area (TPSA) is 87.8 Å². The molecule has 0 spiro atoms. The number of ether oxygens (including phenoxy) is 1. The molecule has 1 unspecified atom stereocenters. The first kappa shape index (κ1) is 16.3. The molecular weight excluding hydrogens is 258 g/mol. The molecular formula is C14H23N3O3. The van der Waals surface area contributed by atoms with E-state index in [0.29, 0.717) is 24.3 Å². The van der Waals surface area contributed by atoms with Gasteiger partial charge in [0.25, 0.3) is 5.91 Å². The number of rotatable bonds is 7. The van der Waals surface area contributed by atoms with Gasteiger partial charge in [-0.1, -0.05) is 0 Å². The minimum atomic E-state index is -0.228. The van der Waals surface area contributed by atoms with Crippen molar-refractivity contribution < 1.29 is 14.6 Å². The van der Waals surface area contributed by atoms with Crippen LogP contribution in [0, 0.1) is 0 Å². The van der Waals surface area contributed by atoms with E-state index in [0.717, 1.165) is 5.69 Å². The fourth-order valence-corrected chi connectivity index (χ4v) is 1.94. The second-order valence-corrected chi connectivity index (χ2v) is 4.81. The van der Waals surface area contributed by atoms with Gasteiger partial charge in [-0.25, -0.2) is 0 Å². The second kappa shape index (κ2) is 7.72. The van der Waals surface area contributed by atoms with Crippen LogP contribution in [0.3, 0.4) is 0 Å². The van der Waals surface area contributed by atoms with E-state index in [2.05, 4.69) is 5.32 Å². The molecule has 1 rings (SSSR count). The van der Waals surface area contributed by atoms with Crippen LogP contribution in [0.2, 0.25) is 0 Å².